The largest absolute Gasteiger partial charge is 0.349 e. The number of aromatic nitrogens is 2. The van der Waals surface area contributed by atoms with E-state index >= 15 is 0 Å². The second kappa shape index (κ2) is 7.22. The number of carbonyl (C=O) groups is 1. The molecule has 4 bridgehead atoms. The van der Waals surface area contributed by atoms with Crippen molar-refractivity contribution in [1.82, 2.24) is 15.1 Å². The van der Waals surface area contributed by atoms with Crippen LogP contribution in [0.2, 0.25) is 0 Å². The number of aryl methyl sites for hydroxylation is 1. The van der Waals surface area contributed by atoms with Crippen molar-refractivity contribution in [2.24, 2.45) is 23.7 Å². The van der Waals surface area contributed by atoms with Gasteiger partial charge in [0.25, 0.3) is 5.91 Å². The zero-order valence-electron chi connectivity index (χ0n) is 17.5. The Morgan fingerprint density at radius 1 is 1.10 bits per heavy atom. The predicted molar refractivity (Wildman–Crippen MR) is 112 cm³/mol. The summed E-state index contributed by atoms with van der Waals surface area (Å²) in [7, 11) is 0. The average molecular weight is 409 g/mol. The van der Waals surface area contributed by atoms with E-state index in [4.69, 9.17) is 0 Å². The van der Waals surface area contributed by atoms with Gasteiger partial charge in [-0.25, -0.2) is 0 Å². The van der Waals surface area contributed by atoms with Crippen molar-refractivity contribution >= 4 is 11.6 Å². The normalized spacial score (nSPS) is 29.2. The third-order valence-electron chi connectivity index (χ3n) is 7.60. The van der Waals surface area contributed by atoms with Crippen molar-refractivity contribution in [2.75, 3.05) is 0 Å². The average Bonchev–Trinajstić information content (AvgIpc) is 2.97. The maximum atomic E-state index is 12.9. The van der Waals surface area contributed by atoms with Crippen molar-refractivity contribution in [3.8, 4) is 0 Å². The zero-order chi connectivity index (χ0) is 21.0. The molecule has 1 heterocycles. The molecule has 0 aliphatic heterocycles. The van der Waals surface area contributed by atoms with Gasteiger partial charge in [0.2, 0.25) is 0 Å². The van der Waals surface area contributed by atoms with Crippen molar-refractivity contribution in [3.05, 3.63) is 56.9 Å². The Bertz CT molecular complexity index is 967. The van der Waals surface area contributed by atoms with Crippen LogP contribution in [0.1, 0.15) is 59.4 Å². The Labute approximate surface area is 176 Å². The number of nitrogens with one attached hydrogen (secondary N) is 1. The Hall–Kier alpha value is -2.70. The number of hydrogen-bond donors (Lipinski definition) is 1. The molecule has 2 aromatic rings. The van der Waals surface area contributed by atoms with Crippen LogP contribution in [0, 0.1) is 47.6 Å². The van der Waals surface area contributed by atoms with Crippen LogP contribution in [-0.4, -0.2) is 26.7 Å². The molecule has 0 saturated heterocycles. The van der Waals surface area contributed by atoms with Gasteiger partial charge in [-0.1, -0.05) is 12.1 Å². The molecule has 0 radical (unpaired) electrons. The summed E-state index contributed by atoms with van der Waals surface area (Å²) in [6.07, 6.45) is 6.54. The summed E-state index contributed by atoms with van der Waals surface area (Å²) in [6, 6.07) is 7.85. The topological polar surface area (TPSA) is 90.1 Å². The summed E-state index contributed by atoms with van der Waals surface area (Å²) >= 11 is 0. The number of hydrogen-bond acceptors (Lipinski definition) is 4. The lowest BCUT2D eigenvalue weighted by Gasteiger charge is -2.54. The monoisotopic (exact) mass is 408 g/mol. The molecule has 4 aliphatic rings. The van der Waals surface area contributed by atoms with Gasteiger partial charge in [-0.3, -0.25) is 19.6 Å². The van der Waals surface area contributed by atoms with Gasteiger partial charge in [-0.2, -0.15) is 5.10 Å². The molecule has 30 heavy (non-hydrogen) atoms. The van der Waals surface area contributed by atoms with Crippen LogP contribution in [-0.2, 0) is 6.54 Å². The predicted octanol–water partition coefficient (Wildman–Crippen LogP) is 4.01. The molecule has 1 amide bonds. The van der Waals surface area contributed by atoms with E-state index in [0.29, 0.717) is 41.4 Å². The molecule has 1 aromatic carbocycles. The van der Waals surface area contributed by atoms with Crippen LogP contribution < -0.4 is 5.32 Å². The van der Waals surface area contributed by atoms with Crippen LogP contribution in [0.4, 0.5) is 5.69 Å². The Morgan fingerprint density at radius 2 is 1.70 bits per heavy atom. The van der Waals surface area contributed by atoms with Crippen molar-refractivity contribution in [1.29, 1.82) is 0 Å². The number of nitro groups is 1. The Kier molecular flexibility index (Phi) is 4.64. The second-order valence-corrected chi connectivity index (χ2v) is 9.56. The fourth-order valence-corrected chi connectivity index (χ4v) is 6.44. The number of benzene rings is 1. The molecular weight excluding hydrogens is 380 g/mol. The minimum Gasteiger partial charge on any atom is -0.349 e. The fraction of sp³-hybridized carbons (Fsp3) is 0.565. The minimum atomic E-state index is -0.383. The smallest absolute Gasteiger partial charge is 0.312 e. The molecule has 0 unspecified atom stereocenters. The van der Waals surface area contributed by atoms with Gasteiger partial charge in [-0.05, 0) is 87.3 Å². The number of rotatable bonds is 5. The summed E-state index contributed by atoms with van der Waals surface area (Å²) in [5.41, 5.74) is 2.67. The maximum absolute atomic E-state index is 12.9. The summed E-state index contributed by atoms with van der Waals surface area (Å²) in [4.78, 5) is 23.7. The van der Waals surface area contributed by atoms with Gasteiger partial charge in [0.15, 0.2) is 0 Å². The zero-order valence-corrected chi connectivity index (χ0v) is 17.5. The van der Waals surface area contributed by atoms with Gasteiger partial charge < -0.3 is 5.32 Å². The highest BCUT2D eigenvalue weighted by Gasteiger charge is 2.48. The van der Waals surface area contributed by atoms with Gasteiger partial charge >= 0.3 is 5.69 Å². The van der Waals surface area contributed by atoms with Gasteiger partial charge in [0.05, 0.1) is 11.5 Å². The molecule has 1 aromatic heterocycles. The lowest BCUT2D eigenvalue weighted by Crippen LogP contribution is -2.55. The van der Waals surface area contributed by atoms with Crippen molar-refractivity contribution < 1.29 is 9.72 Å². The summed E-state index contributed by atoms with van der Waals surface area (Å²) < 4.78 is 1.65. The first kappa shape index (κ1) is 19.3. The van der Waals surface area contributed by atoms with Gasteiger partial charge in [0, 0.05) is 11.6 Å². The molecule has 0 atom stereocenters. The molecule has 1 N–H and O–H groups in total. The first-order valence-electron chi connectivity index (χ1n) is 11.0. The first-order valence-corrected chi connectivity index (χ1v) is 11.0. The Morgan fingerprint density at radius 3 is 2.23 bits per heavy atom. The number of amides is 1. The van der Waals surface area contributed by atoms with Crippen LogP contribution in [0.25, 0.3) is 0 Å². The molecule has 158 valence electrons. The van der Waals surface area contributed by atoms with Crippen LogP contribution in [0.15, 0.2) is 24.3 Å². The minimum absolute atomic E-state index is 0.0146. The summed E-state index contributed by atoms with van der Waals surface area (Å²) in [5, 5.41) is 18.8. The quantitative estimate of drug-likeness (QED) is 0.598. The molecule has 6 rings (SSSR count). The second-order valence-electron chi connectivity index (χ2n) is 9.56. The standard InChI is InChI=1S/C23H28N4O3/c1-13-22(27(29)30)14(2)26(25-13)12-15-3-5-18(6-4-15)23(28)24-21-19-8-16-7-17(10-19)11-20(21)9-16/h3-6,16-17,19-21H,7-12H2,1-2H3,(H,24,28). The molecule has 7 heteroatoms. The van der Waals surface area contributed by atoms with E-state index in [1.165, 1.54) is 32.1 Å². The van der Waals surface area contributed by atoms with E-state index in [9.17, 15) is 14.9 Å². The molecular formula is C23H28N4O3. The van der Waals surface area contributed by atoms with Crippen LogP contribution in [0.5, 0.6) is 0 Å². The Balaban J connectivity index is 1.26. The fourth-order valence-electron chi connectivity index (χ4n) is 6.44. The number of nitrogens with zero attached hydrogens (tertiary/aromatic N) is 3. The van der Waals surface area contributed by atoms with Crippen LogP contribution in [0.3, 0.4) is 0 Å². The van der Waals surface area contributed by atoms with Gasteiger partial charge in [-0.15, -0.1) is 0 Å². The number of carbonyl (C=O) groups excluding carboxylic acids is 1. The molecule has 0 spiro atoms. The van der Waals surface area contributed by atoms with E-state index in [2.05, 4.69) is 10.4 Å². The van der Waals surface area contributed by atoms with E-state index in [1.807, 2.05) is 24.3 Å². The first-order chi connectivity index (χ1) is 14.4. The summed E-state index contributed by atoms with van der Waals surface area (Å²) in [6.45, 7) is 3.81. The lowest BCUT2D eigenvalue weighted by molar-refractivity contribution is -0.386. The van der Waals surface area contributed by atoms with E-state index < -0.39 is 0 Å². The summed E-state index contributed by atoms with van der Waals surface area (Å²) in [5.74, 6) is 3.12. The molecule has 7 nitrogen and oxygen atoms in total. The van der Waals surface area contributed by atoms with E-state index in [1.54, 1.807) is 18.5 Å². The SMILES string of the molecule is Cc1nn(Cc2ccc(C(=O)NC3C4CC5CC(C4)CC3C5)cc2)c(C)c1[N+](=O)[O-]. The van der Waals surface area contributed by atoms with Crippen molar-refractivity contribution in [2.45, 2.75) is 58.5 Å². The lowest BCUT2D eigenvalue weighted by atomic mass is 9.54. The van der Waals surface area contributed by atoms with Crippen LogP contribution >= 0.6 is 0 Å². The molecule has 4 fully saturated rings. The van der Waals surface area contributed by atoms with E-state index in [-0.39, 0.29) is 16.5 Å². The third-order valence-corrected chi connectivity index (χ3v) is 7.60. The maximum Gasteiger partial charge on any atom is 0.312 e. The molecule has 4 aliphatic carbocycles. The van der Waals surface area contributed by atoms with E-state index in [0.717, 1.165) is 17.4 Å². The van der Waals surface area contributed by atoms with Gasteiger partial charge in [0.1, 0.15) is 11.4 Å². The van der Waals surface area contributed by atoms with Crippen molar-refractivity contribution in [3.63, 3.8) is 0 Å². The molecule has 4 saturated carbocycles. The highest BCUT2D eigenvalue weighted by atomic mass is 16.6. The third kappa shape index (κ3) is 3.30. The highest BCUT2D eigenvalue weighted by molar-refractivity contribution is 5.94. The highest BCUT2D eigenvalue weighted by Crippen LogP contribution is 2.53.